The monoisotopic (exact) mass is 360 g/mol. The number of aromatic nitrogens is 1. The highest BCUT2D eigenvalue weighted by atomic mass is 35.7. The lowest BCUT2D eigenvalue weighted by Gasteiger charge is -2.17. The van der Waals surface area contributed by atoms with Crippen LogP contribution in [0.4, 0.5) is 0 Å². The van der Waals surface area contributed by atoms with Crippen molar-refractivity contribution in [1.82, 2.24) is 0 Å². The van der Waals surface area contributed by atoms with Gasteiger partial charge in [-0.05, 0) is 23.3 Å². The number of rotatable bonds is 2. The Hall–Kier alpha value is -2.48. The van der Waals surface area contributed by atoms with Crippen LogP contribution in [0.3, 0.4) is 0 Å². The van der Waals surface area contributed by atoms with E-state index in [2.05, 4.69) is 48.5 Å². The maximum atomic E-state index is 8.49. The van der Waals surface area contributed by atoms with Crippen molar-refractivity contribution >= 4 is 0 Å². The first kappa shape index (κ1) is 18.9. The van der Waals surface area contributed by atoms with Crippen molar-refractivity contribution in [2.24, 2.45) is 0 Å². The van der Waals surface area contributed by atoms with Gasteiger partial charge in [0.05, 0.1) is 0 Å². The molecule has 0 unspecified atom stereocenters. The molecule has 0 fully saturated rings. The first-order valence-electron chi connectivity index (χ1n) is 7.30. The summed E-state index contributed by atoms with van der Waals surface area (Å²) in [6.45, 7) is 2.03. The minimum Gasteiger partial charge on any atom is -0.222 e. The molecule has 1 aromatic heterocycles. The Bertz CT molecular complexity index is 816. The summed E-state index contributed by atoms with van der Waals surface area (Å²) in [5, 5.41) is 0. The van der Waals surface area contributed by atoms with E-state index >= 15 is 0 Å². The van der Waals surface area contributed by atoms with Crippen molar-refractivity contribution in [1.29, 1.82) is 0 Å². The van der Waals surface area contributed by atoms with Gasteiger partial charge in [-0.25, -0.2) is 24.5 Å². The number of aryl methyl sites for hydroxylation is 1. The lowest BCUT2D eigenvalue weighted by atomic mass is 10.0. The smallest absolute Gasteiger partial charge is 0.222 e. The largest absolute Gasteiger partial charge is 0.242 e. The van der Waals surface area contributed by atoms with Gasteiger partial charge in [0, 0.05) is 24.6 Å². The van der Waals surface area contributed by atoms with E-state index < -0.39 is 10.2 Å². The van der Waals surface area contributed by atoms with E-state index in [1.807, 2.05) is 31.2 Å². The zero-order valence-corrected chi connectivity index (χ0v) is 14.2. The van der Waals surface area contributed by atoms with Gasteiger partial charge in [0.15, 0.2) is 0 Å². The van der Waals surface area contributed by atoms with Crippen molar-refractivity contribution in [3.8, 4) is 22.4 Å². The summed E-state index contributed by atoms with van der Waals surface area (Å²) in [5.74, 6) is 6.18. The number of benzene rings is 2. The summed E-state index contributed by atoms with van der Waals surface area (Å²) in [7, 11) is -4.94. The van der Waals surface area contributed by atoms with Crippen LogP contribution >= 0.6 is 0 Å². The van der Waals surface area contributed by atoms with Gasteiger partial charge in [-0.1, -0.05) is 53.2 Å². The number of nitrogens with two attached hydrogens (primary N) is 1. The predicted molar refractivity (Wildman–Crippen MR) is 82.4 cm³/mol. The van der Waals surface area contributed by atoms with Gasteiger partial charge in [0.1, 0.15) is 0 Å². The van der Waals surface area contributed by atoms with Crippen LogP contribution in [-0.4, -0.2) is 0 Å². The van der Waals surface area contributed by atoms with Crippen LogP contribution in [0.25, 0.3) is 22.4 Å². The second-order valence-electron chi connectivity index (χ2n) is 5.25. The normalized spacial score (nSPS) is 10.8. The highest BCUT2D eigenvalue weighted by molar-refractivity contribution is 5.69. The third-order valence-electron chi connectivity index (χ3n) is 3.47. The third kappa shape index (κ3) is 5.82. The topological polar surface area (TPSA) is 122 Å². The van der Waals surface area contributed by atoms with Crippen molar-refractivity contribution in [3.05, 3.63) is 78.5 Å². The van der Waals surface area contributed by atoms with Gasteiger partial charge in [-0.15, -0.1) is 10.2 Å². The molecule has 0 aliphatic rings. The summed E-state index contributed by atoms with van der Waals surface area (Å²) in [5.41, 5.74) is 5.56. The minimum atomic E-state index is -4.94. The summed E-state index contributed by atoms with van der Waals surface area (Å²) in [6.07, 6.45) is 0. The molecular formula is C18H17ClN2O4. The highest BCUT2D eigenvalue weighted by Gasteiger charge is 2.16. The zero-order valence-electron chi connectivity index (χ0n) is 13.5. The van der Waals surface area contributed by atoms with E-state index in [0.717, 1.165) is 17.0 Å². The van der Waals surface area contributed by atoms with E-state index in [0.29, 0.717) is 0 Å². The number of pyridine rings is 1. The average Bonchev–Trinajstić information content (AvgIpc) is 2.57. The molecule has 2 aromatic carbocycles. The molecule has 6 nitrogen and oxygen atoms in total. The molecular weight excluding hydrogens is 344 g/mol. The van der Waals surface area contributed by atoms with Crippen LogP contribution in [0.5, 0.6) is 0 Å². The lowest BCUT2D eigenvalue weighted by molar-refractivity contribution is -2.00. The Morgan fingerprint density at radius 1 is 0.720 bits per heavy atom. The first-order chi connectivity index (χ1) is 11.8. The Balaban J connectivity index is 0.000000399. The molecule has 0 bridgehead atoms. The Kier molecular flexibility index (Phi) is 6.08. The van der Waals surface area contributed by atoms with Crippen molar-refractivity contribution in [2.75, 3.05) is 5.84 Å². The molecule has 1 heterocycles. The lowest BCUT2D eigenvalue weighted by Crippen LogP contribution is -2.68. The van der Waals surface area contributed by atoms with E-state index in [-0.39, 0.29) is 0 Å². The molecule has 0 aliphatic heterocycles. The number of nitrogen functional groups attached to an aromatic ring is 1. The van der Waals surface area contributed by atoms with Crippen LogP contribution in [0.15, 0.2) is 72.8 Å². The van der Waals surface area contributed by atoms with Crippen molar-refractivity contribution in [3.63, 3.8) is 0 Å². The maximum absolute atomic E-state index is 8.49. The molecule has 0 aliphatic carbocycles. The third-order valence-corrected chi connectivity index (χ3v) is 3.47. The average molecular weight is 361 g/mol. The highest BCUT2D eigenvalue weighted by Crippen LogP contribution is 2.24. The quantitative estimate of drug-likeness (QED) is 0.443. The summed E-state index contributed by atoms with van der Waals surface area (Å²) in [4.78, 5) is 0. The van der Waals surface area contributed by atoms with E-state index in [4.69, 9.17) is 24.5 Å². The van der Waals surface area contributed by atoms with Gasteiger partial charge in [-0.3, -0.25) is 0 Å². The van der Waals surface area contributed by atoms with Crippen LogP contribution in [0, 0.1) is 17.2 Å². The fourth-order valence-electron chi connectivity index (χ4n) is 2.37. The van der Waals surface area contributed by atoms with Gasteiger partial charge in [-0.2, -0.15) is 0 Å². The Morgan fingerprint density at radius 3 is 1.64 bits per heavy atom. The molecule has 3 rings (SSSR count). The fourth-order valence-corrected chi connectivity index (χ4v) is 2.37. The summed E-state index contributed by atoms with van der Waals surface area (Å²) >= 11 is 0. The molecule has 0 saturated heterocycles. The van der Waals surface area contributed by atoms with Crippen molar-refractivity contribution in [2.45, 2.75) is 6.92 Å². The van der Waals surface area contributed by atoms with E-state index in [1.54, 1.807) is 4.68 Å². The second-order valence-corrected chi connectivity index (χ2v) is 6.01. The molecule has 0 saturated carbocycles. The van der Waals surface area contributed by atoms with Gasteiger partial charge >= 0.3 is 0 Å². The van der Waals surface area contributed by atoms with Crippen LogP contribution in [-0.2, 0) is 0 Å². The SMILES string of the molecule is Cc1cc(-c2ccccc2)cc(-c2ccccc2)[n+]1N.[O-][Cl+3]([O-])([O-])[O-]. The van der Waals surface area contributed by atoms with Gasteiger partial charge < -0.3 is 0 Å². The fraction of sp³-hybridized carbons (Fsp3) is 0.0556. The molecule has 130 valence electrons. The Labute approximate surface area is 147 Å². The molecule has 7 heteroatoms. The van der Waals surface area contributed by atoms with E-state index in [1.165, 1.54) is 11.1 Å². The first-order valence-corrected chi connectivity index (χ1v) is 8.53. The van der Waals surface area contributed by atoms with Gasteiger partial charge in [0.2, 0.25) is 11.4 Å². The standard InChI is InChI=1S/C18H17N2.ClHO4/c1-14-12-17(15-8-4-2-5-9-15)13-18(20(14)19)16-10-6-3-7-11-16;2-1(3,4)5/h2-13H,19H2,1H3;(H,2,3,4,5)/q+1;/p-1. The summed E-state index contributed by atoms with van der Waals surface area (Å²) in [6, 6.07) is 24.8. The van der Waals surface area contributed by atoms with E-state index in [9.17, 15) is 0 Å². The van der Waals surface area contributed by atoms with Crippen LogP contribution in [0.2, 0.25) is 0 Å². The number of hydrogen-bond donors (Lipinski definition) is 1. The molecule has 0 spiro atoms. The molecule has 0 radical (unpaired) electrons. The minimum absolute atomic E-state index is 1.02. The zero-order chi connectivity index (χ0) is 18.4. The number of halogens is 1. The van der Waals surface area contributed by atoms with Gasteiger partial charge in [0.25, 0.3) is 0 Å². The predicted octanol–water partition coefficient (Wildman–Crippen LogP) is -1.43. The second kappa shape index (κ2) is 8.06. The molecule has 25 heavy (non-hydrogen) atoms. The van der Waals surface area contributed by atoms with Crippen molar-refractivity contribution < 1.29 is 33.6 Å². The Morgan fingerprint density at radius 2 is 1.16 bits per heavy atom. The number of nitrogens with zero attached hydrogens (tertiary/aromatic N) is 1. The molecule has 3 aromatic rings. The van der Waals surface area contributed by atoms with Crippen LogP contribution in [0.1, 0.15) is 5.69 Å². The molecule has 2 N–H and O–H groups in total. The summed E-state index contributed by atoms with van der Waals surface area (Å²) < 4.78 is 35.7. The van der Waals surface area contributed by atoms with Crippen LogP contribution < -0.4 is 29.2 Å². The molecule has 0 atom stereocenters. The maximum Gasteiger partial charge on any atom is 0.242 e. The number of hydrogen-bond acceptors (Lipinski definition) is 5. The molecule has 0 amide bonds.